The smallest absolute Gasteiger partial charge is 0.115 e. The van der Waals surface area contributed by atoms with Crippen LogP contribution >= 0.6 is 0 Å². The van der Waals surface area contributed by atoms with Crippen LogP contribution in [0.5, 0.6) is 5.75 Å². The zero-order valence-electron chi connectivity index (χ0n) is 12.4. The van der Waals surface area contributed by atoms with E-state index in [9.17, 15) is 0 Å². The van der Waals surface area contributed by atoms with E-state index < -0.39 is 0 Å². The molecule has 0 spiro atoms. The van der Waals surface area contributed by atoms with Crippen molar-refractivity contribution in [1.29, 1.82) is 0 Å². The number of anilines is 1. The fraction of sp³-hybridized carbons (Fsp3) is 0.571. The first-order valence-corrected chi connectivity index (χ1v) is 6.31. The van der Waals surface area contributed by atoms with Gasteiger partial charge in [0.05, 0.1) is 0 Å². The molecule has 0 unspecified atom stereocenters. The van der Waals surface area contributed by atoms with Gasteiger partial charge in [0.15, 0.2) is 0 Å². The van der Waals surface area contributed by atoms with E-state index in [1.54, 1.807) is 24.3 Å². The molecule has 0 amide bonds. The molecule has 0 aliphatic carbocycles. The normalized spacial score (nSPS) is 9.00. The monoisotopic (exact) mass is 255 g/mol. The molecule has 0 heterocycles. The van der Waals surface area contributed by atoms with E-state index in [4.69, 9.17) is 10.8 Å². The summed E-state index contributed by atoms with van der Waals surface area (Å²) in [6.45, 7) is 6.45. The summed E-state index contributed by atoms with van der Waals surface area (Å²) in [5.74, 6) is 0.249. The molecule has 4 nitrogen and oxygen atoms in total. The lowest BCUT2D eigenvalue weighted by Gasteiger charge is -2.06. The highest BCUT2D eigenvalue weighted by Crippen LogP contribution is 2.09. The lowest BCUT2D eigenvalue weighted by molar-refractivity contribution is 0.407. The summed E-state index contributed by atoms with van der Waals surface area (Å²) in [5.41, 5.74) is 5.98. The van der Waals surface area contributed by atoms with Gasteiger partial charge in [0, 0.05) is 18.8 Å². The summed E-state index contributed by atoms with van der Waals surface area (Å²) < 4.78 is 0. The molecular formula is C14H29N3O. The molecule has 4 N–H and O–H groups in total. The number of benzene rings is 1. The Morgan fingerprint density at radius 3 is 1.83 bits per heavy atom. The Balaban J connectivity index is 0. The number of nitrogens with zero attached hydrogens (tertiary/aromatic N) is 1. The van der Waals surface area contributed by atoms with Gasteiger partial charge in [0.1, 0.15) is 5.75 Å². The van der Waals surface area contributed by atoms with Gasteiger partial charge in [-0.2, -0.15) is 0 Å². The fourth-order valence-electron chi connectivity index (χ4n) is 0.810. The Morgan fingerprint density at radius 1 is 1.17 bits per heavy atom. The predicted octanol–water partition coefficient (Wildman–Crippen LogP) is 2.16. The number of hydrogen-bond donors (Lipinski definition) is 3. The van der Waals surface area contributed by atoms with Crippen LogP contribution in [-0.2, 0) is 0 Å². The summed E-state index contributed by atoms with van der Waals surface area (Å²) in [6.07, 6.45) is 1.25. The van der Waals surface area contributed by atoms with Crippen LogP contribution in [-0.4, -0.2) is 44.2 Å². The zero-order chi connectivity index (χ0) is 14.4. The summed E-state index contributed by atoms with van der Waals surface area (Å²) in [4.78, 5) is 2.15. The first-order valence-electron chi connectivity index (χ1n) is 6.31. The van der Waals surface area contributed by atoms with Crippen LogP contribution < -0.4 is 11.1 Å². The molecule has 0 fully saturated rings. The molecule has 1 aromatic rings. The molecule has 0 saturated heterocycles. The van der Waals surface area contributed by atoms with Crippen molar-refractivity contribution in [3.8, 4) is 5.75 Å². The number of likely N-dealkylation sites (N-methyl/N-ethyl adjacent to an activating group) is 2. The van der Waals surface area contributed by atoms with E-state index in [0.717, 1.165) is 13.1 Å². The molecule has 0 atom stereocenters. The van der Waals surface area contributed by atoms with Crippen molar-refractivity contribution in [2.24, 2.45) is 0 Å². The van der Waals surface area contributed by atoms with Crippen LogP contribution in [0.25, 0.3) is 0 Å². The topological polar surface area (TPSA) is 61.5 Å². The third-order valence-electron chi connectivity index (χ3n) is 1.70. The number of hydrogen-bond acceptors (Lipinski definition) is 4. The van der Waals surface area contributed by atoms with E-state index >= 15 is 0 Å². The highest BCUT2D eigenvalue weighted by atomic mass is 16.3. The average Bonchev–Trinajstić information content (AvgIpc) is 2.32. The van der Waals surface area contributed by atoms with Crippen molar-refractivity contribution in [3.05, 3.63) is 24.3 Å². The van der Waals surface area contributed by atoms with Crippen LogP contribution in [0.4, 0.5) is 5.69 Å². The van der Waals surface area contributed by atoms with Crippen LogP contribution in [0.1, 0.15) is 20.3 Å². The molecule has 0 saturated carbocycles. The molecule has 0 radical (unpaired) electrons. The quantitative estimate of drug-likeness (QED) is 0.572. The summed E-state index contributed by atoms with van der Waals surface area (Å²) in [6, 6.07) is 6.40. The van der Waals surface area contributed by atoms with Crippen molar-refractivity contribution in [1.82, 2.24) is 10.2 Å². The Hall–Kier alpha value is -1.26. The lowest BCUT2D eigenvalue weighted by atomic mass is 10.3. The minimum atomic E-state index is 0.249. The van der Waals surface area contributed by atoms with Crippen molar-refractivity contribution in [2.45, 2.75) is 20.3 Å². The number of rotatable bonds is 3. The number of nitrogens with one attached hydrogen (secondary N) is 1. The summed E-state index contributed by atoms with van der Waals surface area (Å²) >= 11 is 0. The van der Waals surface area contributed by atoms with Gasteiger partial charge in [-0.3, -0.25) is 0 Å². The van der Waals surface area contributed by atoms with Crippen LogP contribution in [0, 0.1) is 0 Å². The van der Waals surface area contributed by atoms with Gasteiger partial charge in [-0.25, -0.2) is 0 Å². The fourth-order valence-corrected chi connectivity index (χ4v) is 0.810. The largest absolute Gasteiger partial charge is 0.508 e. The maximum absolute atomic E-state index is 8.70. The minimum absolute atomic E-state index is 0.249. The lowest BCUT2D eigenvalue weighted by Crippen LogP contribution is -2.23. The maximum Gasteiger partial charge on any atom is 0.115 e. The van der Waals surface area contributed by atoms with Gasteiger partial charge in [-0.1, -0.05) is 20.3 Å². The van der Waals surface area contributed by atoms with Gasteiger partial charge in [0.2, 0.25) is 0 Å². The molecule has 0 aromatic heterocycles. The number of aromatic hydroxyl groups is 1. The van der Waals surface area contributed by atoms with Crippen LogP contribution in [0.15, 0.2) is 24.3 Å². The summed E-state index contributed by atoms with van der Waals surface area (Å²) in [5, 5.41) is 11.8. The average molecular weight is 255 g/mol. The standard InChI is InChI=1S/C6H7NO.C5H14N2.C3H8/c7-5-1-3-6(8)4-2-5;1-6-4-5-7(2)3;1-3-2/h1-4,8H,7H2;6H,4-5H2,1-3H3;3H2,1-2H3. The molecule has 1 rings (SSSR count). The van der Waals surface area contributed by atoms with E-state index in [1.807, 2.05) is 7.05 Å². The molecule has 0 aliphatic heterocycles. The van der Waals surface area contributed by atoms with E-state index in [0.29, 0.717) is 5.69 Å². The number of phenols is 1. The molecule has 1 aromatic carbocycles. The van der Waals surface area contributed by atoms with Crippen LogP contribution in [0.2, 0.25) is 0 Å². The molecular weight excluding hydrogens is 226 g/mol. The second-order valence-electron chi connectivity index (χ2n) is 4.21. The minimum Gasteiger partial charge on any atom is -0.508 e. The molecule has 4 heteroatoms. The Kier molecular flexibility index (Phi) is 14.6. The van der Waals surface area contributed by atoms with Crippen molar-refractivity contribution >= 4 is 5.69 Å². The molecule has 106 valence electrons. The van der Waals surface area contributed by atoms with Gasteiger partial charge in [-0.15, -0.1) is 0 Å². The van der Waals surface area contributed by atoms with Crippen LogP contribution in [0.3, 0.4) is 0 Å². The van der Waals surface area contributed by atoms with Gasteiger partial charge in [-0.05, 0) is 45.4 Å². The van der Waals surface area contributed by atoms with E-state index in [-0.39, 0.29) is 5.75 Å². The van der Waals surface area contributed by atoms with E-state index in [1.165, 1.54) is 6.42 Å². The number of phenolic OH excluding ortho intramolecular Hbond substituents is 1. The van der Waals surface area contributed by atoms with Crippen molar-refractivity contribution in [2.75, 3.05) is 40.0 Å². The molecule has 18 heavy (non-hydrogen) atoms. The Bertz CT molecular complexity index is 239. The van der Waals surface area contributed by atoms with Gasteiger partial charge >= 0.3 is 0 Å². The van der Waals surface area contributed by atoms with Gasteiger partial charge < -0.3 is 21.1 Å². The first kappa shape index (κ1) is 19.1. The molecule has 0 bridgehead atoms. The van der Waals surface area contributed by atoms with Crippen molar-refractivity contribution in [3.63, 3.8) is 0 Å². The zero-order valence-corrected chi connectivity index (χ0v) is 12.4. The van der Waals surface area contributed by atoms with Gasteiger partial charge in [0.25, 0.3) is 0 Å². The highest BCUT2D eigenvalue weighted by Gasteiger charge is 1.83. The second-order valence-corrected chi connectivity index (χ2v) is 4.21. The predicted molar refractivity (Wildman–Crippen MR) is 81.0 cm³/mol. The van der Waals surface area contributed by atoms with E-state index in [2.05, 4.69) is 38.2 Å². The Morgan fingerprint density at radius 2 is 1.61 bits per heavy atom. The second kappa shape index (κ2) is 13.8. The molecule has 0 aliphatic rings. The summed E-state index contributed by atoms with van der Waals surface area (Å²) in [7, 11) is 6.10. The maximum atomic E-state index is 8.70. The highest BCUT2D eigenvalue weighted by molar-refractivity contribution is 5.40. The third-order valence-corrected chi connectivity index (χ3v) is 1.70. The first-order chi connectivity index (χ1) is 8.47. The van der Waals surface area contributed by atoms with Crippen molar-refractivity contribution < 1.29 is 5.11 Å². The number of nitrogen functional groups attached to an aromatic ring is 1. The SMILES string of the molecule is CCC.CNCCN(C)C.Nc1ccc(O)cc1. The third kappa shape index (κ3) is 17.1. The number of nitrogens with two attached hydrogens (primary N) is 1. The Labute approximate surface area is 112 Å².